The molecule has 0 bridgehead atoms. The van der Waals surface area contributed by atoms with Crippen LogP contribution in [0.2, 0.25) is 0 Å². The summed E-state index contributed by atoms with van der Waals surface area (Å²) in [5.74, 6) is 0.541. The Labute approximate surface area is 124 Å². The summed E-state index contributed by atoms with van der Waals surface area (Å²) < 4.78 is 5.44. The third-order valence-corrected chi connectivity index (χ3v) is 3.86. The molecule has 0 spiro atoms. The van der Waals surface area contributed by atoms with Crippen molar-refractivity contribution in [3.8, 4) is 5.75 Å². The number of rotatable bonds is 2. The molecule has 1 unspecified atom stereocenters. The van der Waals surface area contributed by atoms with E-state index in [0.29, 0.717) is 5.75 Å². The first kappa shape index (κ1) is 13.6. The van der Waals surface area contributed by atoms with Gasteiger partial charge in [-0.25, -0.2) is 4.79 Å². The lowest BCUT2D eigenvalue weighted by Crippen LogP contribution is -2.29. The van der Waals surface area contributed by atoms with Crippen molar-refractivity contribution in [1.82, 2.24) is 0 Å². The molecule has 0 fully saturated rings. The quantitative estimate of drug-likeness (QED) is 0.919. The Kier molecular flexibility index (Phi) is 3.62. The lowest BCUT2D eigenvalue weighted by atomic mass is 10.1. The predicted octanol–water partition coefficient (Wildman–Crippen LogP) is 3.27. The van der Waals surface area contributed by atoms with Gasteiger partial charge in [-0.15, -0.1) is 0 Å². The van der Waals surface area contributed by atoms with Crippen LogP contribution >= 0.6 is 0 Å². The molecular weight excluding hydrogens is 264 g/mol. The second kappa shape index (κ2) is 5.58. The third kappa shape index (κ3) is 2.76. The van der Waals surface area contributed by atoms with Crippen LogP contribution in [0, 0.1) is 0 Å². The van der Waals surface area contributed by atoms with Gasteiger partial charge in [0.1, 0.15) is 5.75 Å². The van der Waals surface area contributed by atoms with E-state index in [-0.39, 0.29) is 6.04 Å². The van der Waals surface area contributed by atoms with E-state index in [2.05, 4.69) is 0 Å². The zero-order valence-electron chi connectivity index (χ0n) is 12.0. The van der Waals surface area contributed by atoms with Gasteiger partial charge in [-0.05, 0) is 48.2 Å². The summed E-state index contributed by atoms with van der Waals surface area (Å²) in [5, 5.41) is 0. The number of hydrogen-bond acceptors (Lipinski definition) is 3. The van der Waals surface area contributed by atoms with Gasteiger partial charge in [-0.1, -0.05) is 24.3 Å². The normalized spacial score (nSPS) is 16.4. The first-order valence-electron chi connectivity index (χ1n) is 7.04. The van der Waals surface area contributed by atoms with E-state index >= 15 is 0 Å². The molecule has 1 aliphatic carbocycles. The molecule has 1 aliphatic rings. The van der Waals surface area contributed by atoms with Crippen molar-refractivity contribution in [3.63, 3.8) is 0 Å². The fourth-order valence-corrected chi connectivity index (χ4v) is 2.60. The van der Waals surface area contributed by atoms with Crippen LogP contribution in [0.25, 0.3) is 0 Å². The Balaban J connectivity index is 1.75. The first-order valence-corrected chi connectivity index (χ1v) is 7.04. The number of anilines is 1. The van der Waals surface area contributed by atoms with E-state index in [9.17, 15) is 4.79 Å². The molecule has 1 atom stereocenters. The van der Waals surface area contributed by atoms with Crippen LogP contribution < -0.4 is 15.4 Å². The maximum absolute atomic E-state index is 12.2. The van der Waals surface area contributed by atoms with Crippen LogP contribution in [-0.2, 0) is 6.42 Å². The number of carbonyl (C=O) groups is 1. The first-order chi connectivity index (χ1) is 10.1. The second-order valence-electron chi connectivity index (χ2n) is 5.27. The van der Waals surface area contributed by atoms with Gasteiger partial charge >= 0.3 is 6.09 Å². The lowest BCUT2D eigenvalue weighted by molar-refractivity contribution is 0.209. The summed E-state index contributed by atoms with van der Waals surface area (Å²) in [6.07, 6.45) is 1.54. The van der Waals surface area contributed by atoms with E-state index in [1.807, 2.05) is 48.5 Å². The van der Waals surface area contributed by atoms with Crippen LogP contribution in [-0.4, -0.2) is 13.1 Å². The molecule has 0 saturated heterocycles. The average molecular weight is 282 g/mol. The minimum Gasteiger partial charge on any atom is -0.410 e. The van der Waals surface area contributed by atoms with E-state index in [1.165, 1.54) is 10.5 Å². The summed E-state index contributed by atoms with van der Waals surface area (Å²) in [7, 11) is 1.69. The number of aryl methyl sites for hydroxylation is 1. The predicted molar refractivity (Wildman–Crippen MR) is 82.6 cm³/mol. The van der Waals surface area contributed by atoms with Crippen LogP contribution in [0.4, 0.5) is 10.5 Å². The van der Waals surface area contributed by atoms with Crippen molar-refractivity contribution in [2.24, 2.45) is 5.73 Å². The van der Waals surface area contributed by atoms with Crippen LogP contribution in [0.5, 0.6) is 5.75 Å². The molecule has 4 nitrogen and oxygen atoms in total. The summed E-state index contributed by atoms with van der Waals surface area (Å²) in [4.78, 5) is 13.6. The largest absolute Gasteiger partial charge is 0.419 e. The standard InChI is InChI=1S/C17H18N2O2/c1-19(13-5-3-2-4-6-13)17(20)21-14-9-7-12-8-10-16(18)15(12)11-14/h2-7,9,11,16H,8,10,18H2,1H3. The van der Waals surface area contributed by atoms with Crippen molar-refractivity contribution < 1.29 is 9.53 Å². The molecule has 1 amide bonds. The highest BCUT2D eigenvalue weighted by Gasteiger charge is 2.20. The number of para-hydroxylation sites is 1. The molecule has 2 aromatic rings. The zero-order valence-corrected chi connectivity index (χ0v) is 12.0. The highest BCUT2D eigenvalue weighted by atomic mass is 16.6. The Morgan fingerprint density at radius 3 is 2.76 bits per heavy atom. The Morgan fingerprint density at radius 1 is 1.24 bits per heavy atom. The fourth-order valence-electron chi connectivity index (χ4n) is 2.60. The van der Waals surface area contributed by atoms with Crippen molar-refractivity contribution in [3.05, 3.63) is 59.7 Å². The highest BCUT2D eigenvalue weighted by Crippen LogP contribution is 2.32. The molecule has 2 N–H and O–H groups in total. The molecule has 0 radical (unpaired) electrons. The average Bonchev–Trinajstić information content (AvgIpc) is 2.88. The molecule has 108 valence electrons. The van der Waals surface area contributed by atoms with Crippen molar-refractivity contribution in [2.75, 3.05) is 11.9 Å². The number of nitrogens with two attached hydrogens (primary N) is 1. The number of carbonyl (C=O) groups excluding carboxylic acids is 1. The molecule has 4 heteroatoms. The molecular formula is C17H18N2O2. The highest BCUT2D eigenvalue weighted by molar-refractivity contribution is 5.88. The van der Waals surface area contributed by atoms with Gasteiger partial charge < -0.3 is 10.5 Å². The van der Waals surface area contributed by atoms with Crippen molar-refractivity contribution in [2.45, 2.75) is 18.9 Å². The molecule has 0 aromatic heterocycles. The van der Waals surface area contributed by atoms with E-state index in [1.54, 1.807) is 7.05 Å². The zero-order chi connectivity index (χ0) is 14.8. The Morgan fingerprint density at radius 2 is 2.00 bits per heavy atom. The van der Waals surface area contributed by atoms with E-state index in [4.69, 9.17) is 10.5 Å². The van der Waals surface area contributed by atoms with Crippen LogP contribution in [0.15, 0.2) is 48.5 Å². The monoisotopic (exact) mass is 282 g/mol. The van der Waals surface area contributed by atoms with Gasteiger partial charge in [0.25, 0.3) is 0 Å². The van der Waals surface area contributed by atoms with Gasteiger partial charge in [0.05, 0.1) is 0 Å². The van der Waals surface area contributed by atoms with E-state index in [0.717, 1.165) is 24.1 Å². The molecule has 0 heterocycles. The molecule has 21 heavy (non-hydrogen) atoms. The lowest BCUT2D eigenvalue weighted by Gasteiger charge is -2.17. The van der Waals surface area contributed by atoms with Gasteiger partial charge in [0.15, 0.2) is 0 Å². The maximum Gasteiger partial charge on any atom is 0.419 e. The maximum atomic E-state index is 12.2. The number of fused-ring (bicyclic) bond motifs is 1. The summed E-state index contributed by atoms with van der Waals surface area (Å²) in [5.41, 5.74) is 9.17. The van der Waals surface area contributed by atoms with Gasteiger partial charge in [-0.3, -0.25) is 4.90 Å². The smallest absolute Gasteiger partial charge is 0.410 e. The number of ether oxygens (including phenoxy) is 1. The van der Waals surface area contributed by atoms with Crippen LogP contribution in [0.1, 0.15) is 23.6 Å². The minimum absolute atomic E-state index is 0.0468. The molecule has 0 saturated carbocycles. The summed E-state index contributed by atoms with van der Waals surface area (Å²) in [6, 6.07) is 15.1. The Hall–Kier alpha value is -2.33. The summed E-state index contributed by atoms with van der Waals surface area (Å²) in [6.45, 7) is 0. The summed E-state index contributed by atoms with van der Waals surface area (Å²) >= 11 is 0. The number of hydrogen-bond donors (Lipinski definition) is 1. The topological polar surface area (TPSA) is 55.6 Å². The Bertz CT molecular complexity index is 655. The fraction of sp³-hybridized carbons (Fsp3) is 0.235. The minimum atomic E-state index is -0.410. The van der Waals surface area contributed by atoms with Gasteiger partial charge in [-0.2, -0.15) is 0 Å². The van der Waals surface area contributed by atoms with E-state index < -0.39 is 6.09 Å². The SMILES string of the molecule is CN(C(=O)Oc1ccc2c(c1)C(N)CC2)c1ccccc1. The van der Waals surface area contributed by atoms with Gasteiger partial charge in [0.2, 0.25) is 0 Å². The molecule has 3 rings (SSSR count). The number of nitrogens with zero attached hydrogens (tertiary/aromatic N) is 1. The second-order valence-corrected chi connectivity index (χ2v) is 5.27. The van der Waals surface area contributed by atoms with Crippen LogP contribution in [0.3, 0.4) is 0 Å². The van der Waals surface area contributed by atoms with Crippen molar-refractivity contribution >= 4 is 11.8 Å². The number of benzene rings is 2. The number of amides is 1. The third-order valence-electron chi connectivity index (χ3n) is 3.86. The molecule has 2 aromatic carbocycles. The van der Waals surface area contributed by atoms with Gasteiger partial charge in [0, 0.05) is 18.8 Å². The molecule has 0 aliphatic heterocycles. The van der Waals surface area contributed by atoms with Crippen molar-refractivity contribution in [1.29, 1.82) is 0 Å².